The lowest BCUT2D eigenvalue weighted by Gasteiger charge is -2.14. The van der Waals surface area contributed by atoms with Gasteiger partial charge in [0.05, 0.1) is 7.11 Å². The van der Waals surface area contributed by atoms with Crippen molar-refractivity contribution in [3.63, 3.8) is 0 Å². The third kappa shape index (κ3) is 1.62. The Balaban J connectivity index is 2.46. The largest absolute Gasteiger partial charge is 0.496 e. The van der Waals surface area contributed by atoms with E-state index in [1.165, 1.54) is 17.5 Å². The van der Waals surface area contributed by atoms with Crippen molar-refractivity contribution in [2.75, 3.05) is 13.7 Å². The van der Waals surface area contributed by atoms with Gasteiger partial charge in [0.2, 0.25) is 0 Å². The molecule has 1 atom stereocenters. The van der Waals surface area contributed by atoms with Crippen molar-refractivity contribution in [1.29, 1.82) is 0 Å². The van der Waals surface area contributed by atoms with Crippen molar-refractivity contribution in [3.05, 3.63) is 29.3 Å². The number of methoxy groups -OCH3 is 1. The molecule has 1 N–H and O–H groups in total. The van der Waals surface area contributed by atoms with Gasteiger partial charge >= 0.3 is 0 Å². The molecule has 2 heteroatoms. The van der Waals surface area contributed by atoms with Gasteiger partial charge in [0, 0.05) is 12.1 Å². The minimum Gasteiger partial charge on any atom is -0.496 e. The van der Waals surface area contributed by atoms with Gasteiger partial charge in [-0.05, 0) is 30.5 Å². The number of rotatable bonds is 1. The minimum atomic E-state index is 0.634. The number of ether oxygens (including phenoxy) is 1. The van der Waals surface area contributed by atoms with Crippen molar-refractivity contribution in [2.24, 2.45) is 0 Å². The van der Waals surface area contributed by atoms with Crippen LogP contribution in [0.4, 0.5) is 0 Å². The fourth-order valence-electron chi connectivity index (χ4n) is 2.11. The van der Waals surface area contributed by atoms with Crippen LogP contribution in [0.2, 0.25) is 0 Å². The monoisotopic (exact) mass is 191 g/mol. The Bertz CT molecular complexity index is 322. The molecular formula is C12H17NO. The minimum absolute atomic E-state index is 0.634. The van der Waals surface area contributed by atoms with Crippen LogP contribution in [0, 0.1) is 0 Å². The highest BCUT2D eigenvalue weighted by molar-refractivity contribution is 5.42. The van der Waals surface area contributed by atoms with Crippen LogP contribution in [0.15, 0.2) is 18.2 Å². The second-order valence-electron chi connectivity index (χ2n) is 3.89. The lowest BCUT2D eigenvalue weighted by molar-refractivity contribution is 0.408. The van der Waals surface area contributed by atoms with Crippen LogP contribution in [0.5, 0.6) is 5.75 Å². The zero-order chi connectivity index (χ0) is 9.97. The molecule has 1 aromatic rings. The van der Waals surface area contributed by atoms with E-state index in [0.29, 0.717) is 5.92 Å². The van der Waals surface area contributed by atoms with Gasteiger partial charge < -0.3 is 10.1 Å². The average Bonchev–Trinajstić information content (AvgIpc) is 2.41. The Morgan fingerprint density at radius 2 is 2.29 bits per heavy atom. The van der Waals surface area contributed by atoms with E-state index in [1.54, 1.807) is 7.11 Å². The molecule has 76 valence electrons. The first-order valence-corrected chi connectivity index (χ1v) is 5.19. The lowest BCUT2D eigenvalue weighted by Crippen LogP contribution is -2.12. The third-order valence-electron chi connectivity index (χ3n) is 2.98. The van der Waals surface area contributed by atoms with Crippen molar-refractivity contribution in [3.8, 4) is 5.75 Å². The summed E-state index contributed by atoms with van der Waals surface area (Å²) in [5.41, 5.74) is 2.77. The second kappa shape index (κ2) is 4.01. The first-order valence-electron chi connectivity index (χ1n) is 5.19. The number of fused-ring (bicyclic) bond motifs is 1. The fraction of sp³-hybridized carbons (Fsp3) is 0.500. The molecule has 0 amide bonds. The molecule has 1 aliphatic heterocycles. The average molecular weight is 191 g/mol. The predicted octanol–water partition coefficient (Wildman–Crippen LogP) is 2.29. The summed E-state index contributed by atoms with van der Waals surface area (Å²) in [6.45, 7) is 4.31. The van der Waals surface area contributed by atoms with Gasteiger partial charge in [-0.1, -0.05) is 19.1 Å². The molecule has 1 aromatic carbocycles. The molecule has 0 spiro atoms. The zero-order valence-electron chi connectivity index (χ0n) is 8.84. The maximum absolute atomic E-state index is 5.38. The van der Waals surface area contributed by atoms with Crippen LogP contribution < -0.4 is 10.1 Å². The molecule has 1 aliphatic rings. The molecule has 2 rings (SSSR count). The van der Waals surface area contributed by atoms with Crippen LogP contribution >= 0.6 is 0 Å². The summed E-state index contributed by atoms with van der Waals surface area (Å²) < 4.78 is 5.38. The molecule has 0 bridgehead atoms. The molecule has 0 saturated heterocycles. The lowest BCUT2D eigenvalue weighted by atomic mass is 9.94. The van der Waals surface area contributed by atoms with Crippen LogP contribution in [0.1, 0.15) is 30.4 Å². The topological polar surface area (TPSA) is 21.3 Å². The molecule has 1 heterocycles. The van der Waals surface area contributed by atoms with Gasteiger partial charge in [0.15, 0.2) is 0 Å². The summed E-state index contributed by atoms with van der Waals surface area (Å²) in [5.74, 6) is 1.65. The van der Waals surface area contributed by atoms with E-state index < -0.39 is 0 Å². The first-order chi connectivity index (χ1) is 6.83. The van der Waals surface area contributed by atoms with Gasteiger partial charge in [0.1, 0.15) is 5.75 Å². The summed E-state index contributed by atoms with van der Waals surface area (Å²) in [6.07, 6.45) is 1.21. The van der Waals surface area contributed by atoms with Gasteiger partial charge in [-0.15, -0.1) is 0 Å². The van der Waals surface area contributed by atoms with Crippen LogP contribution in [0.25, 0.3) is 0 Å². The quantitative estimate of drug-likeness (QED) is 0.735. The molecule has 1 unspecified atom stereocenters. The molecule has 0 aliphatic carbocycles. The predicted molar refractivity (Wildman–Crippen MR) is 57.7 cm³/mol. The Labute approximate surface area is 85.3 Å². The van der Waals surface area contributed by atoms with Crippen molar-refractivity contribution in [2.45, 2.75) is 25.8 Å². The maximum Gasteiger partial charge on any atom is 0.123 e. The zero-order valence-corrected chi connectivity index (χ0v) is 8.84. The molecule has 14 heavy (non-hydrogen) atoms. The SMILES string of the molecule is COc1cccc2c1CNCCC2C. The molecule has 0 radical (unpaired) electrons. The van der Waals surface area contributed by atoms with Crippen LogP contribution in [0.3, 0.4) is 0 Å². The van der Waals surface area contributed by atoms with E-state index in [2.05, 4.69) is 24.4 Å². The Hall–Kier alpha value is -1.02. The van der Waals surface area contributed by atoms with E-state index in [-0.39, 0.29) is 0 Å². The second-order valence-corrected chi connectivity index (χ2v) is 3.89. The van der Waals surface area contributed by atoms with E-state index in [9.17, 15) is 0 Å². The van der Waals surface area contributed by atoms with Gasteiger partial charge in [-0.3, -0.25) is 0 Å². The molecule has 2 nitrogen and oxygen atoms in total. The Morgan fingerprint density at radius 3 is 3.07 bits per heavy atom. The summed E-state index contributed by atoms with van der Waals surface area (Å²) in [5, 5.41) is 3.43. The normalized spacial score (nSPS) is 21.1. The van der Waals surface area contributed by atoms with Gasteiger partial charge in [-0.25, -0.2) is 0 Å². The molecule has 0 aromatic heterocycles. The maximum atomic E-state index is 5.38. The molecule has 0 fully saturated rings. The first kappa shape index (κ1) is 9.53. The summed E-state index contributed by atoms with van der Waals surface area (Å²) >= 11 is 0. The summed E-state index contributed by atoms with van der Waals surface area (Å²) in [6, 6.07) is 6.34. The highest BCUT2D eigenvalue weighted by atomic mass is 16.5. The van der Waals surface area contributed by atoms with E-state index in [0.717, 1.165) is 18.8 Å². The van der Waals surface area contributed by atoms with Crippen molar-refractivity contribution >= 4 is 0 Å². The fourth-order valence-corrected chi connectivity index (χ4v) is 2.11. The number of nitrogens with one attached hydrogen (secondary N) is 1. The number of hydrogen-bond donors (Lipinski definition) is 1. The highest BCUT2D eigenvalue weighted by Crippen LogP contribution is 2.31. The molecular weight excluding hydrogens is 174 g/mol. The van der Waals surface area contributed by atoms with Gasteiger partial charge in [-0.2, -0.15) is 0 Å². The standard InChI is InChI=1S/C12H17NO/c1-9-6-7-13-8-11-10(9)4-3-5-12(11)14-2/h3-5,9,13H,6-8H2,1-2H3. The van der Waals surface area contributed by atoms with Crippen molar-refractivity contribution < 1.29 is 4.74 Å². The van der Waals surface area contributed by atoms with Crippen LogP contribution in [-0.4, -0.2) is 13.7 Å². The van der Waals surface area contributed by atoms with Crippen LogP contribution in [-0.2, 0) is 6.54 Å². The third-order valence-corrected chi connectivity index (χ3v) is 2.98. The van der Waals surface area contributed by atoms with E-state index >= 15 is 0 Å². The Morgan fingerprint density at radius 1 is 1.43 bits per heavy atom. The smallest absolute Gasteiger partial charge is 0.123 e. The van der Waals surface area contributed by atoms with E-state index in [4.69, 9.17) is 4.74 Å². The summed E-state index contributed by atoms with van der Waals surface area (Å²) in [7, 11) is 1.74. The number of hydrogen-bond acceptors (Lipinski definition) is 2. The van der Waals surface area contributed by atoms with E-state index in [1.807, 2.05) is 6.07 Å². The highest BCUT2D eigenvalue weighted by Gasteiger charge is 2.16. The Kier molecular flexibility index (Phi) is 2.73. The summed E-state index contributed by atoms with van der Waals surface area (Å²) in [4.78, 5) is 0. The van der Waals surface area contributed by atoms with Gasteiger partial charge in [0.25, 0.3) is 0 Å². The molecule has 0 saturated carbocycles. The van der Waals surface area contributed by atoms with Crippen molar-refractivity contribution in [1.82, 2.24) is 5.32 Å². The number of benzene rings is 1.